The highest BCUT2D eigenvalue weighted by Crippen LogP contribution is 2.39. The minimum absolute atomic E-state index is 0.0601. The van der Waals surface area contributed by atoms with Crippen molar-refractivity contribution in [2.24, 2.45) is 5.92 Å². The zero-order valence-corrected chi connectivity index (χ0v) is 25.1. The normalized spacial score (nSPS) is 19.8. The summed E-state index contributed by atoms with van der Waals surface area (Å²) in [7, 11) is 0. The Bertz CT molecular complexity index is 1390. The predicted octanol–water partition coefficient (Wildman–Crippen LogP) is 7.25. The van der Waals surface area contributed by atoms with Gasteiger partial charge in [-0.05, 0) is 85.0 Å². The van der Waals surface area contributed by atoms with Gasteiger partial charge in [0.1, 0.15) is 5.82 Å². The zero-order chi connectivity index (χ0) is 29.9. The summed E-state index contributed by atoms with van der Waals surface area (Å²) in [6.07, 6.45) is 3.18. The van der Waals surface area contributed by atoms with E-state index in [1.54, 1.807) is 24.0 Å². The van der Waals surface area contributed by atoms with Crippen molar-refractivity contribution >= 4 is 23.2 Å². The first-order valence-electron chi connectivity index (χ1n) is 15.0. The first-order chi connectivity index (χ1) is 20.1. The lowest BCUT2D eigenvalue weighted by Crippen LogP contribution is -2.46. The molecule has 0 spiro atoms. The molecular formula is C35H42FN3O3. The number of piperidine rings is 1. The highest BCUT2D eigenvalue weighted by Gasteiger charge is 2.40. The number of benzene rings is 3. The zero-order valence-electron chi connectivity index (χ0n) is 25.1. The van der Waals surface area contributed by atoms with Crippen LogP contribution in [-0.2, 0) is 14.9 Å². The summed E-state index contributed by atoms with van der Waals surface area (Å²) in [4.78, 5) is 29.6. The van der Waals surface area contributed by atoms with Gasteiger partial charge in [-0.2, -0.15) is 0 Å². The molecule has 2 heterocycles. The Morgan fingerprint density at radius 2 is 1.64 bits per heavy atom. The Kier molecular flexibility index (Phi) is 8.97. The third kappa shape index (κ3) is 6.67. The number of nitrogens with zero attached hydrogens (tertiary/aromatic N) is 1. The second-order valence-electron chi connectivity index (χ2n) is 12.6. The largest absolute Gasteiger partial charge is 0.382 e. The topological polar surface area (TPSA) is 70.7 Å². The van der Waals surface area contributed by atoms with E-state index in [1.807, 2.05) is 42.5 Å². The third-order valence-corrected chi connectivity index (χ3v) is 8.50. The number of aryl methyl sites for hydroxylation is 1. The van der Waals surface area contributed by atoms with Crippen molar-refractivity contribution in [2.45, 2.75) is 70.9 Å². The van der Waals surface area contributed by atoms with Gasteiger partial charge < -0.3 is 20.3 Å². The molecule has 0 aromatic heterocycles. The lowest BCUT2D eigenvalue weighted by molar-refractivity contribution is -0.123. The van der Waals surface area contributed by atoms with Crippen molar-refractivity contribution in [1.82, 2.24) is 4.90 Å². The van der Waals surface area contributed by atoms with Gasteiger partial charge in [0.15, 0.2) is 0 Å². The fourth-order valence-corrected chi connectivity index (χ4v) is 6.11. The molecule has 2 fully saturated rings. The molecule has 0 radical (unpaired) electrons. The van der Waals surface area contributed by atoms with Crippen LogP contribution < -0.4 is 10.6 Å². The van der Waals surface area contributed by atoms with E-state index in [2.05, 4.69) is 37.5 Å². The first kappa shape index (κ1) is 29.8. The number of amides is 2. The molecule has 222 valence electrons. The second kappa shape index (κ2) is 12.7. The lowest BCUT2D eigenvalue weighted by atomic mass is 9.83. The number of carbonyl (C=O) groups excluding carboxylic acids is 2. The number of nitrogens with one attached hydrogen (secondary N) is 2. The smallest absolute Gasteiger partial charge is 0.257 e. The van der Waals surface area contributed by atoms with Gasteiger partial charge in [-0.25, -0.2) is 4.39 Å². The average molecular weight is 572 g/mol. The SMILES string of the molecule is Cc1cccc(F)c1C(=O)N1CCCC(C(=O)Nc2cccc(C(C)(C)C)c2)C1c1ccc(NC2CCOCC2)cc1. The summed E-state index contributed by atoms with van der Waals surface area (Å²) >= 11 is 0. The van der Waals surface area contributed by atoms with E-state index in [0.717, 1.165) is 48.6 Å². The summed E-state index contributed by atoms with van der Waals surface area (Å²) in [6, 6.07) is 20.4. The first-order valence-corrected chi connectivity index (χ1v) is 15.0. The molecule has 2 unspecified atom stereocenters. The average Bonchev–Trinajstić information content (AvgIpc) is 2.97. The molecule has 0 bridgehead atoms. The van der Waals surface area contributed by atoms with Gasteiger partial charge in [-0.15, -0.1) is 0 Å². The summed E-state index contributed by atoms with van der Waals surface area (Å²) in [6.45, 7) is 10.1. The van der Waals surface area contributed by atoms with E-state index in [0.29, 0.717) is 31.0 Å². The fourth-order valence-electron chi connectivity index (χ4n) is 6.11. The third-order valence-electron chi connectivity index (χ3n) is 8.50. The summed E-state index contributed by atoms with van der Waals surface area (Å²) in [5.74, 6) is -1.56. The van der Waals surface area contributed by atoms with Crippen LogP contribution in [0.15, 0.2) is 66.7 Å². The van der Waals surface area contributed by atoms with Crippen LogP contribution >= 0.6 is 0 Å². The van der Waals surface area contributed by atoms with Crippen LogP contribution in [0.3, 0.4) is 0 Å². The van der Waals surface area contributed by atoms with Gasteiger partial charge in [-0.1, -0.05) is 57.2 Å². The number of halogens is 1. The molecule has 2 aliphatic heterocycles. The van der Waals surface area contributed by atoms with E-state index in [1.165, 1.54) is 6.07 Å². The molecule has 3 aromatic carbocycles. The predicted molar refractivity (Wildman–Crippen MR) is 165 cm³/mol. The van der Waals surface area contributed by atoms with E-state index >= 15 is 0 Å². The molecular weight excluding hydrogens is 529 g/mol. The van der Waals surface area contributed by atoms with Crippen LogP contribution in [-0.4, -0.2) is 42.5 Å². The maximum atomic E-state index is 15.0. The van der Waals surface area contributed by atoms with Gasteiger partial charge in [0.25, 0.3) is 5.91 Å². The molecule has 3 aromatic rings. The summed E-state index contributed by atoms with van der Waals surface area (Å²) < 4.78 is 20.5. The molecule has 6 nitrogen and oxygen atoms in total. The van der Waals surface area contributed by atoms with E-state index in [9.17, 15) is 14.0 Å². The van der Waals surface area contributed by atoms with Crippen LogP contribution in [0.25, 0.3) is 0 Å². The minimum Gasteiger partial charge on any atom is -0.382 e. The van der Waals surface area contributed by atoms with Gasteiger partial charge in [0, 0.05) is 37.2 Å². The number of ether oxygens (including phenoxy) is 1. The van der Waals surface area contributed by atoms with E-state index in [4.69, 9.17) is 4.74 Å². The summed E-state index contributed by atoms with van der Waals surface area (Å²) in [5.41, 5.74) is 4.30. The number of carbonyl (C=O) groups is 2. The molecule has 2 N–H and O–H groups in total. The number of anilines is 2. The Hall–Kier alpha value is -3.71. The van der Waals surface area contributed by atoms with Crippen LogP contribution in [0, 0.1) is 18.7 Å². The molecule has 0 saturated carbocycles. The molecule has 7 heteroatoms. The van der Waals surface area contributed by atoms with Gasteiger partial charge in [0.05, 0.1) is 17.5 Å². The fraction of sp³-hybridized carbons (Fsp3) is 0.429. The van der Waals surface area contributed by atoms with Crippen molar-refractivity contribution in [1.29, 1.82) is 0 Å². The molecule has 2 atom stereocenters. The van der Waals surface area contributed by atoms with Crippen molar-refractivity contribution in [3.05, 3.63) is 94.8 Å². The lowest BCUT2D eigenvalue weighted by Gasteiger charge is -2.41. The van der Waals surface area contributed by atoms with Crippen LogP contribution in [0.2, 0.25) is 0 Å². The molecule has 0 aliphatic carbocycles. The Labute approximate surface area is 248 Å². The Balaban J connectivity index is 1.46. The maximum absolute atomic E-state index is 15.0. The number of hydrogen-bond donors (Lipinski definition) is 2. The van der Waals surface area contributed by atoms with Gasteiger partial charge >= 0.3 is 0 Å². The van der Waals surface area contributed by atoms with Crippen molar-refractivity contribution in [3.8, 4) is 0 Å². The van der Waals surface area contributed by atoms with Gasteiger partial charge in [0.2, 0.25) is 5.91 Å². The second-order valence-corrected chi connectivity index (χ2v) is 12.6. The monoisotopic (exact) mass is 571 g/mol. The van der Waals surface area contributed by atoms with Crippen molar-refractivity contribution < 1.29 is 18.7 Å². The van der Waals surface area contributed by atoms with E-state index in [-0.39, 0.29) is 22.8 Å². The molecule has 5 rings (SSSR count). The molecule has 42 heavy (non-hydrogen) atoms. The van der Waals surface area contributed by atoms with Crippen molar-refractivity contribution in [3.63, 3.8) is 0 Å². The maximum Gasteiger partial charge on any atom is 0.257 e. The molecule has 2 saturated heterocycles. The van der Waals surface area contributed by atoms with Crippen LogP contribution in [0.4, 0.5) is 15.8 Å². The standard InChI is InChI=1S/C35H42FN3O3/c1-23-8-5-12-30(36)31(23)34(41)39-19-7-11-29(33(40)38-28-10-6-9-25(22-28)35(2,3)4)32(39)24-13-15-26(16-14-24)37-27-17-20-42-21-18-27/h5-6,8-10,12-16,22,27,29,32,37H,7,11,17-21H2,1-4H3,(H,38,40). The highest BCUT2D eigenvalue weighted by molar-refractivity contribution is 5.98. The highest BCUT2D eigenvalue weighted by atomic mass is 19.1. The summed E-state index contributed by atoms with van der Waals surface area (Å²) in [5, 5.41) is 6.72. The molecule has 2 aliphatic rings. The van der Waals surface area contributed by atoms with E-state index < -0.39 is 17.8 Å². The minimum atomic E-state index is -0.541. The number of hydrogen-bond acceptors (Lipinski definition) is 4. The quantitative estimate of drug-likeness (QED) is 0.327. The Morgan fingerprint density at radius 1 is 0.929 bits per heavy atom. The molecule has 2 amide bonds. The Morgan fingerprint density at radius 3 is 2.33 bits per heavy atom. The van der Waals surface area contributed by atoms with Crippen LogP contribution in [0.5, 0.6) is 0 Å². The van der Waals surface area contributed by atoms with Crippen LogP contribution in [0.1, 0.15) is 79.5 Å². The van der Waals surface area contributed by atoms with Gasteiger partial charge in [-0.3, -0.25) is 9.59 Å². The number of likely N-dealkylation sites (tertiary alicyclic amines) is 1. The van der Waals surface area contributed by atoms with Crippen molar-refractivity contribution in [2.75, 3.05) is 30.4 Å². The number of rotatable bonds is 6.